The van der Waals surface area contributed by atoms with Crippen molar-refractivity contribution in [3.8, 4) is 5.75 Å². The third-order valence-corrected chi connectivity index (χ3v) is 7.51. The summed E-state index contributed by atoms with van der Waals surface area (Å²) >= 11 is 6.13. The molecule has 10 heteroatoms. The van der Waals surface area contributed by atoms with Crippen molar-refractivity contribution >= 4 is 23.4 Å². The normalized spacial score (nSPS) is 18.3. The largest absolute Gasteiger partial charge is 0.493 e. The molecule has 196 valence electrons. The number of piperidine rings is 1. The van der Waals surface area contributed by atoms with Crippen LogP contribution in [0, 0.1) is 5.41 Å². The summed E-state index contributed by atoms with van der Waals surface area (Å²) in [5.41, 5.74) is -0.331. The summed E-state index contributed by atoms with van der Waals surface area (Å²) in [6.45, 7) is 6.84. The Bertz CT molecular complexity index is 1030. The maximum atomic E-state index is 13.3. The molecule has 2 aliphatic rings. The van der Waals surface area contributed by atoms with E-state index in [-0.39, 0.29) is 17.2 Å². The second kappa shape index (κ2) is 12.1. The highest BCUT2D eigenvalue weighted by Crippen LogP contribution is 2.37. The lowest BCUT2D eigenvalue weighted by atomic mass is 9.75. The van der Waals surface area contributed by atoms with Crippen molar-refractivity contribution in [1.29, 1.82) is 0 Å². The summed E-state index contributed by atoms with van der Waals surface area (Å²) in [5, 5.41) is 4.51. The zero-order valence-electron chi connectivity index (χ0n) is 21.2. The molecule has 2 amide bonds. The zero-order chi connectivity index (χ0) is 25.5. The number of piperazine rings is 1. The first kappa shape index (κ1) is 26.4. The van der Waals surface area contributed by atoms with E-state index < -0.39 is 0 Å². The minimum absolute atomic E-state index is 0.0704. The van der Waals surface area contributed by atoms with Crippen LogP contribution in [0.5, 0.6) is 5.75 Å². The van der Waals surface area contributed by atoms with E-state index in [1.807, 2.05) is 34.9 Å². The van der Waals surface area contributed by atoms with Gasteiger partial charge in [-0.3, -0.25) is 9.59 Å². The summed E-state index contributed by atoms with van der Waals surface area (Å²) in [5.74, 6) is 2.09. The van der Waals surface area contributed by atoms with E-state index in [1.54, 1.807) is 6.07 Å². The highest BCUT2D eigenvalue weighted by Gasteiger charge is 2.40. The predicted molar refractivity (Wildman–Crippen MR) is 136 cm³/mol. The van der Waals surface area contributed by atoms with Gasteiger partial charge in [0.25, 0.3) is 0 Å². The first-order chi connectivity index (χ1) is 17.4. The zero-order valence-corrected chi connectivity index (χ0v) is 22.0. The lowest BCUT2D eigenvalue weighted by molar-refractivity contribution is -0.139. The molecule has 1 aromatic heterocycles. The third-order valence-electron chi connectivity index (χ3n) is 7.28. The summed E-state index contributed by atoms with van der Waals surface area (Å²) in [6, 6.07) is 7.33. The second-order valence-electron chi connectivity index (χ2n) is 9.95. The van der Waals surface area contributed by atoms with Crippen molar-refractivity contribution in [2.75, 3.05) is 52.9 Å². The highest BCUT2D eigenvalue weighted by atomic mass is 35.5. The molecule has 0 spiro atoms. The maximum Gasteiger partial charge on any atom is 0.227 e. The Morgan fingerprint density at radius 2 is 1.81 bits per heavy atom. The van der Waals surface area contributed by atoms with Crippen LogP contribution in [0.1, 0.15) is 44.3 Å². The molecule has 2 aliphatic heterocycles. The predicted octanol–water partition coefficient (Wildman–Crippen LogP) is 3.07. The van der Waals surface area contributed by atoms with Crippen molar-refractivity contribution in [2.24, 2.45) is 5.41 Å². The first-order valence-electron chi connectivity index (χ1n) is 12.8. The molecular weight excluding hydrogens is 482 g/mol. The summed E-state index contributed by atoms with van der Waals surface area (Å²) in [4.78, 5) is 36.5. The molecule has 2 saturated heterocycles. The number of carbonyl (C=O) groups excluding carboxylic acids is 2. The minimum Gasteiger partial charge on any atom is -0.493 e. The molecule has 0 N–H and O–H groups in total. The fourth-order valence-corrected chi connectivity index (χ4v) is 4.97. The van der Waals surface area contributed by atoms with Gasteiger partial charge in [-0.05, 0) is 38.1 Å². The van der Waals surface area contributed by atoms with Crippen LogP contribution in [0.15, 0.2) is 28.8 Å². The molecule has 3 heterocycles. The molecular formula is C26H36ClN5O4. The molecule has 2 fully saturated rings. The third kappa shape index (κ3) is 6.97. The van der Waals surface area contributed by atoms with Crippen LogP contribution in [0.4, 0.5) is 0 Å². The van der Waals surface area contributed by atoms with Gasteiger partial charge in [-0.25, -0.2) is 0 Å². The van der Waals surface area contributed by atoms with E-state index >= 15 is 0 Å². The molecule has 0 atom stereocenters. The number of ether oxygens (including phenoxy) is 1. The summed E-state index contributed by atoms with van der Waals surface area (Å²) in [6.07, 6.45) is 3.31. The van der Waals surface area contributed by atoms with E-state index in [4.69, 9.17) is 20.9 Å². The van der Waals surface area contributed by atoms with Gasteiger partial charge in [0.15, 0.2) is 5.82 Å². The molecule has 9 nitrogen and oxygen atoms in total. The SMILES string of the molecule is CCc1noc(CCC(=O)N2CCC(COc3cccc(Cl)c3)(CC(=O)N3CCN(C)CC3)CC2)n1. The van der Waals surface area contributed by atoms with E-state index in [9.17, 15) is 9.59 Å². The number of amides is 2. The van der Waals surface area contributed by atoms with Crippen molar-refractivity contribution in [3.63, 3.8) is 0 Å². The number of aromatic nitrogens is 2. The van der Waals surface area contributed by atoms with Gasteiger partial charge in [0.05, 0.1) is 6.61 Å². The van der Waals surface area contributed by atoms with E-state index in [0.29, 0.717) is 80.7 Å². The molecule has 1 aromatic carbocycles. The Hall–Kier alpha value is -2.65. The van der Waals surface area contributed by atoms with Gasteiger partial charge >= 0.3 is 0 Å². The number of aryl methyl sites for hydroxylation is 2. The molecule has 0 aliphatic carbocycles. The molecule has 0 saturated carbocycles. The number of likely N-dealkylation sites (N-methyl/N-ethyl adjacent to an activating group) is 1. The van der Waals surface area contributed by atoms with Gasteiger partial charge in [-0.2, -0.15) is 4.98 Å². The molecule has 0 radical (unpaired) electrons. The van der Waals surface area contributed by atoms with Crippen molar-refractivity contribution in [2.45, 2.75) is 45.4 Å². The van der Waals surface area contributed by atoms with Gasteiger partial charge in [0, 0.05) is 75.4 Å². The molecule has 4 rings (SSSR count). The number of hydrogen-bond acceptors (Lipinski definition) is 7. The standard InChI is InChI=1S/C26H36ClN5O4/c1-3-22-28-23(36-29-22)7-8-24(33)31-11-9-26(10-12-31,19-35-21-6-4-5-20(27)17-21)18-25(34)32-15-13-30(2)14-16-32/h4-6,17H,3,7-16,18-19H2,1-2H3. The second-order valence-corrected chi connectivity index (χ2v) is 10.4. The Morgan fingerprint density at radius 1 is 1.08 bits per heavy atom. The lowest BCUT2D eigenvalue weighted by Crippen LogP contribution is -2.51. The average Bonchev–Trinajstić information content (AvgIpc) is 3.35. The van der Waals surface area contributed by atoms with Gasteiger partial charge < -0.3 is 24.0 Å². The Kier molecular flexibility index (Phi) is 8.85. The van der Waals surface area contributed by atoms with E-state index in [0.717, 1.165) is 26.2 Å². The van der Waals surface area contributed by atoms with E-state index in [2.05, 4.69) is 22.1 Å². The molecule has 0 unspecified atom stereocenters. The van der Waals surface area contributed by atoms with Gasteiger partial charge in [0.1, 0.15) is 5.75 Å². The molecule has 36 heavy (non-hydrogen) atoms. The summed E-state index contributed by atoms with van der Waals surface area (Å²) < 4.78 is 11.4. The van der Waals surface area contributed by atoms with Crippen LogP contribution in [0.2, 0.25) is 5.02 Å². The number of rotatable bonds is 9. The first-order valence-corrected chi connectivity index (χ1v) is 13.2. The monoisotopic (exact) mass is 517 g/mol. The minimum atomic E-state index is -0.331. The Labute approximate surface area is 217 Å². The number of nitrogens with zero attached hydrogens (tertiary/aromatic N) is 5. The smallest absolute Gasteiger partial charge is 0.227 e. The van der Waals surface area contributed by atoms with Crippen LogP contribution < -0.4 is 4.74 Å². The molecule has 2 aromatic rings. The van der Waals surface area contributed by atoms with Crippen molar-refractivity contribution in [1.82, 2.24) is 24.8 Å². The number of halogens is 1. The van der Waals surface area contributed by atoms with Crippen LogP contribution in [-0.4, -0.2) is 89.6 Å². The Balaban J connectivity index is 1.36. The fourth-order valence-electron chi connectivity index (χ4n) is 4.79. The average molecular weight is 518 g/mol. The number of carbonyl (C=O) groups is 2. The van der Waals surface area contributed by atoms with Crippen LogP contribution in [0.3, 0.4) is 0 Å². The fraction of sp³-hybridized carbons (Fsp3) is 0.615. The van der Waals surface area contributed by atoms with Crippen molar-refractivity contribution < 1.29 is 18.8 Å². The van der Waals surface area contributed by atoms with Gasteiger partial charge in [-0.1, -0.05) is 29.7 Å². The maximum absolute atomic E-state index is 13.3. The van der Waals surface area contributed by atoms with Crippen LogP contribution in [-0.2, 0) is 22.4 Å². The number of benzene rings is 1. The van der Waals surface area contributed by atoms with Crippen LogP contribution in [0.25, 0.3) is 0 Å². The lowest BCUT2D eigenvalue weighted by Gasteiger charge is -2.42. The van der Waals surface area contributed by atoms with Crippen LogP contribution >= 0.6 is 11.6 Å². The topological polar surface area (TPSA) is 92.0 Å². The summed E-state index contributed by atoms with van der Waals surface area (Å²) in [7, 11) is 2.08. The van der Waals surface area contributed by atoms with Gasteiger partial charge in [-0.15, -0.1) is 0 Å². The number of likely N-dealkylation sites (tertiary alicyclic amines) is 1. The molecule has 0 bridgehead atoms. The quantitative estimate of drug-likeness (QED) is 0.504. The van der Waals surface area contributed by atoms with E-state index in [1.165, 1.54) is 0 Å². The van der Waals surface area contributed by atoms with Gasteiger partial charge in [0.2, 0.25) is 17.7 Å². The van der Waals surface area contributed by atoms with Crippen molar-refractivity contribution in [3.05, 3.63) is 41.0 Å². The Morgan fingerprint density at radius 3 is 2.47 bits per heavy atom. The number of hydrogen-bond donors (Lipinski definition) is 0. The highest BCUT2D eigenvalue weighted by molar-refractivity contribution is 6.30.